The molecule has 0 unspecified atom stereocenters. The Hall–Kier alpha value is -0.0800. The first kappa shape index (κ1) is 11.0. The molecule has 1 fully saturated rings. The molecule has 0 N–H and O–H groups in total. The van der Waals surface area contributed by atoms with Crippen molar-refractivity contribution in [2.45, 2.75) is 33.2 Å². The number of likely N-dealkylation sites (N-methyl/N-ethyl adjacent to an activating group) is 1. The van der Waals surface area contributed by atoms with Gasteiger partial charge in [-0.05, 0) is 25.9 Å². The number of nitrogens with zero attached hydrogens (tertiary/aromatic N) is 2. The molecule has 1 rings (SSSR count). The lowest BCUT2D eigenvalue weighted by atomic mass is 9.99. The molecule has 1 atom stereocenters. The van der Waals surface area contributed by atoms with E-state index in [0.29, 0.717) is 0 Å². The summed E-state index contributed by atoms with van der Waals surface area (Å²) in [5.41, 5.74) is 0. The molecule has 13 heavy (non-hydrogen) atoms. The fourth-order valence-electron chi connectivity index (χ4n) is 2.19. The molecule has 0 bridgehead atoms. The second-order valence-corrected chi connectivity index (χ2v) is 4.61. The minimum Gasteiger partial charge on any atom is -0.304 e. The summed E-state index contributed by atoms with van der Waals surface area (Å²) in [6, 6.07) is 0.777. The fraction of sp³-hybridized carbons (Fsp3) is 1.00. The zero-order valence-corrected chi connectivity index (χ0v) is 9.58. The maximum atomic E-state index is 2.66. The Bertz CT molecular complexity index is 145. The Balaban J connectivity index is 2.50. The highest BCUT2D eigenvalue weighted by molar-refractivity contribution is 4.82. The van der Waals surface area contributed by atoms with Gasteiger partial charge in [-0.25, -0.2) is 0 Å². The highest BCUT2D eigenvalue weighted by atomic mass is 15.3. The van der Waals surface area contributed by atoms with E-state index >= 15 is 0 Å². The van der Waals surface area contributed by atoms with Crippen LogP contribution in [0.15, 0.2) is 0 Å². The third kappa shape index (κ3) is 2.96. The summed E-state index contributed by atoms with van der Waals surface area (Å²) >= 11 is 0. The molecule has 1 heterocycles. The van der Waals surface area contributed by atoms with E-state index in [2.05, 4.69) is 37.6 Å². The van der Waals surface area contributed by atoms with E-state index in [-0.39, 0.29) is 0 Å². The first-order chi connectivity index (χ1) is 6.15. The number of piperazine rings is 1. The summed E-state index contributed by atoms with van der Waals surface area (Å²) in [5.74, 6) is 0.786. The maximum absolute atomic E-state index is 2.66. The lowest BCUT2D eigenvalue weighted by Gasteiger charge is -2.42. The maximum Gasteiger partial charge on any atom is 0.0246 e. The van der Waals surface area contributed by atoms with Crippen LogP contribution in [0.5, 0.6) is 0 Å². The van der Waals surface area contributed by atoms with Crippen LogP contribution in [0.4, 0.5) is 0 Å². The molecule has 0 aromatic rings. The minimum absolute atomic E-state index is 0.777. The molecule has 2 nitrogen and oxygen atoms in total. The largest absolute Gasteiger partial charge is 0.304 e. The molecule has 0 saturated carbocycles. The molecule has 0 aromatic carbocycles. The van der Waals surface area contributed by atoms with Gasteiger partial charge in [0.25, 0.3) is 0 Å². The Morgan fingerprint density at radius 2 is 2.00 bits per heavy atom. The molecule has 2 heteroatoms. The fourth-order valence-corrected chi connectivity index (χ4v) is 2.19. The normalized spacial score (nSPS) is 27.0. The summed E-state index contributed by atoms with van der Waals surface area (Å²) in [6.07, 6.45) is 1.28. The standard InChI is InChI=1S/C11H24N2/c1-5-6-13-8-7-12(4)9-11(13)10(2)3/h10-11H,5-9H2,1-4H3/t11-/m1/s1. The van der Waals surface area contributed by atoms with Gasteiger partial charge >= 0.3 is 0 Å². The quantitative estimate of drug-likeness (QED) is 0.658. The van der Waals surface area contributed by atoms with Crippen LogP contribution < -0.4 is 0 Å². The molecular formula is C11H24N2. The smallest absolute Gasteiger partial charge is 0.0246 e. The average molecular weight is 184 g/mol. The van der Waals surface area contributed by atoms with Crippen molar-refractivity contribution in [3.63, 3.8) is 0 Å². The minimum atomic E-state index is 0.777. The predicted molar refractivity (Wildman–Crippen MR) is 58.0 cm³/mol. The third-order valence-corrected chi connectivity index (χ3v) is 3.02. The van der Waals surface area contributed by atoms with Gasteiger partial charge in [0, 0.05) is 25.7 Å². The van der Waals surface area contributed by atoms with Gasteiger partial charge in [-0.1, -0.05) is 20.8 Å². The van der Waals surface area contributed by atoms with E-state index in [0.717, 1.165) is 12.0 Å². The van der Waals surface area contributed by atoms with Crippen LogP contribution in [-0.4, -0.2) is 49.1 Å². The van der Waals surface area contributed by atoms with Gasteiger partial charge in [0.2, 0.25) is 0 Å². The first-order valence-corrected chi connectivity index (χ1v) is 5.57. The van der Waals surface area contributed by atoms with Gasteiger partial charge < -0.3 is 4.90 Å². The van der Waals surface area contributed by atoms with Gasteiger partial charge in [0.15, 0.2) is 0 Å². The van der Waals surface area contributed by atoms with E-state index in [1.807, 2.05) is 0 Å². The Morgan fingerprint density at radius 3 is 2.54 bits per heavy atom. The number of hydrogen-bond donors (Lipinski definition) is 0. The molecular weight excluding hydrogens is 160 g/mol. The molecule has 0 radical (unpaired) electrons. The average Bonchev–Trinajstić information content (AvgIpc) is 2.08. The molecule has 0 amide bonds. The summed E-state index contributed by atoms with van der Waals surface area (Å²) in [4.78, 5) is 5.11. The Morgan fingerprint density at radius 1 is 1.31 bits per heavy atom. The van der Waals surface area contributed by atoms with Crippen LogP contribution in [-0.2, 0) is 0 Å². The second kappa shape index (κ2) is 4.97. The first-order valence-electron chi connectivity index (χ1n) is 5.57. The molecule has 0 aromatic heterocycles. The zero-order valence-electron chi connectivity index (χ0n) is 9.58. The summed E-state index contributed by atoms with van der Waals surface area (Å²) < 4.78 is 0. The lowest BCUT2D eigenvalue weighted by Crippen LogP contribution is -2.54. The van der Waals surface area contributed by atoms with Crippen LogP contribution in [0.1, 0.15) is 27.2 Å². The van der Waals surface area contributed by atoms with E-state index in [1.54, 1.807) is 0 Å². The van der Waals surface area contributed by atoms with E-state index in [4.69, 9.17) is 0 Å². The van der Waals surface area contributed by atoms with Crippen molar-refractivity contribution in [2.75, 3.05) is 33.2 Å². The SMILES string of the molecule is CCCN1CCN(C)C[C@@H]1C(C)C. The summed E-state index contributed by atoms with van der Waals surface area (Å²) in [6.45, 7) is 12.0. The van der Waals surface area contributed by atoms with E-state index in [9.17, 15) is 0 Å². The van der Waals surface area contributed by atoms with Crippen LogP contribution in [0, 0.1) is 5.92 Å². The highest BCUT2D eigenvalue weighted by Gasteiger charge is 2.26. The highest BCUT2D eigenvalue weighted by Crippen LogP contribution is 2.16. The molecule has 1 aliphatic rings. The summed E-state index contributed by atoms with van der Waals surface area (Å²) in [7, 11) is 2.23. The third-order valence-electron chi connectivity index (χ3n) is 3.02. The zero-order chi connectivity index (χ0) is 9.84. The molecule has 0 spiro atoms. The van der Waals surface area contributed by atoms with E-state index in [1.165, 1.54) is 32.6 Å². The van der Waals surface area contributed by atoms with Crippen molar-refractivity contribution < 1.29 is 0 Å². The van der Waals surface area contributed by atoms with Crippen molar-refractivity contribution in [2.24, 2.45) is 5.92 Å². The molecule has 1 saturated heterocycles. The van der Waals surface area contributed by atoms with Crippen molar-refractivity contribution in [1.82, 2.24) is 9.80 Å². The van der Waals surface area contributed by atoms with Crippen LogP contribution in [0.3, 0.4) is 0 Å². The molecule has 1 aliphatic heterocycles. The number of rotatable bonds is 3. The number of hydrogen-bond acceptors (Lipinski definition) is 2. The van der Waals surface area contributed by atoms with Gasteiger partial charge in [0.1, 0.15) is 0 Å². The van der Waals surface area contributed by atoms with Crippen LogP contribution >= 0.6 is 0 Å². The van der Waals surface area contributed by atoms with Crippen LogP contribution in [0.25, 0.3) is 0 Å². The van der Waals surface area contributed by atoms with Gasteiger partial charge in [-0.3, -0.25) is 4.90 Å². The van der Waals surface area contributed by atoms with Crippen molar-refractivity contribution in [3.8, 4) is 0 Å². The predicted octanol–water partition coefficient (Wildman–Crippen LogP) is 1.67. The van der Waals surface area contributed by atoms with Crippen molar-refractivity contribution in [3.05, 3.63) is 0 Å². The van der Waals surface area contributed by atoms with E-state index < -0.39 is 0 Å². The molecule has 78 valence electrons. The Kier molecular flexibility index (Phi) is 4.20. The van der Waals surface area contributed by atoms with Crippen molar-refractivity contribution >= 4 is 0 Å². The second-order valence-electron chi connectivity index (χ2n) is 4.61. The van der Waals surface area contributed by atoms with Gasteiger partial charge in [0.05, 0.1) is 0 Å². The summed E-state index contributed by atoms with van der Waals surface area (Å²) in [5, 5.41) is 0. The Labute approximate surface area is 82.9 Å². The van der Waals surface area contributed by atoms with Crippen LogP contribution in [0.2, 0.25) is 0 Å². The lowest BCUT2D eigenvalue weighted by molar-refractivity contribution is 0.0634. The molecule has 0 aliphatic carbocycles. The topological polar surface area (TPSA) is 6.48 Å². The monoisotopic (exact) mass is 184 g/mol. The van der Waals surface area contributed by atoms with Crippen molar-refractivity contribution in [1.29, 1.82) is 0 Å². The van der Waals surface area contributed by atoms with Gasteiger partial charge in [-0.15, -0.1) is 0 Å². The van der Waals surface area contributed by atoms with Gasteiger partial charge in [-0.2, -0.15) is 0 Å².